The fourth-order valence-corrected chi connectivity index (χ4v) is 3.69. The molecule has 1 unspecified atom stereocenters. The van der Waals surface area contributed by atoms with Crippen LogP contribution in [0.4, 0.5) is 13.2 Å². The zero-order valence-corrected chi connectivity index (χ0v) is 12.6. The summed E-state index contributed by atoms with van der Waals surface area (Å²) < 4.78 is 37.6. The molecule has 0 aromatic rings. The highest BCUT2D eigenvalue weighted by molar-refractivity contribution is 4.95. The van der Waals surface area contributed by atoms with Crippen molar-refractivity contribution in [1.29, 1.82) is 0 Å². The first-order chi connectivity index (χ1) is 9.27. The first kappa shape index (κ1) is 16.1. The maximum atomic E-state index is 12.5. The normalized spacial score (nSPS) is 29.6. The quantitative estimate of drug-likeness (QED) is 0.855. The average Bonchev–Trinajstić information content (AvgIpc) is 2.36. The predicted octanol–water partition coefficient (Wildman–Crippen LogP) is 3.57. The zero-order valence-electron chi connectivity index (χ0n) is 12.6. The van der Waals surface area contributed by atoms with Crippen LogP contribution in [0.2, 0.25) is 0 Å². The van der Waals surface area contributed by atoms with Crippen LogP contribution in [0.1, 0.15) is 52.4 Å². The minimum absolute atomic E-state index is 0.0865. The van der Waals surface area contributed by atoms with Gasteiger partial charge in [-0.15, -0.1) is 0 Å². The summed E-state index contributed by atoms with van der Waals surface area (Å²) >= 11 is 0. The molecule has 0 spiro atoms. The minimum Gasteiger partial charge on any atom is -0.309 e. The lowest BCUT2D eigenvalue weighted by molar-refractivity contribution is -0.141. The summed E-state index contributed by atoms with van der Waals surface area (Å²) in [6, 6.07) is 0.283. The van der Waals surface area contributed by atoms with Gasteiger partial charge in [0.05, 0.1) is 6.42 Å². The van der Waals surface area contributed by atoms with Gasteiger partial charge in [-0.05, 0) is 32.6 Å². The Balaban J connectivity index is 1.99. The monoisotopic (exact) mass is 292 g/mol. The van der Waals surface area contributed by atoms with Crippen LogP contribution in [-0.4, -0.2) is 42.3 Å². The molecule has 1 saturated carbocycles. The predicted molar refractivity (Wildman–Crippen MR) is 74.7 cm³/mol. The van der Waals surface area contributed by atoms with Crippen molar-refractivity contribution in [1.82, 2.24) is 10.2 Å². The largest absolute Gasteiger partial charge is 0.390 e. The number of nitrogens with zero attached hydrogens (tertiary/aromatic N) is 1. The van der Waals surface area contributed by atoms with Crippen molar-refractivity contribution in [3.63, 3.8) is 0 Å². The Morgan fingerprint density at radius 3 is 2.40 bits per heavy atom. The van der Waals surface area contributed by atoms with E-state index in [0.29, 0.717) is 12.5 Å². The van der Waals surface area contributed by atoms with E-state index in [1.54, 1.807) is 0 Å². The molecular weight excluding hydrogens is 265 g/mol. The second-order valence-electron chi connectivity index (χ2n) is 7.07. The molecule has 2 aliphatic rings. The molecule has 2 nitrogen and oxygen atoms in total. The van der Waals surface area contributed by atoms with E-state index in [2.05, 4.69) is 24.1 Å². The second-order valence-corrected chi connectivity index (χ2v) is 7.07. The van der Waals surface area contributed by atoms with Crippen LogP contribution >= 0.6 is 0 Å². The topological polar surface area (TPSA) is 15.3 Å². The zero-order chi connectivity index (χ0) is 14.8. The molecule has 2 fully saturated rings. The number of hydrogen-bond donors (Lipinski definition) is 1. The van der Waals surface area contributed by atoms with Gasteiger partial charge in [0, 0.05) is 31.2 Å². The molecule has 0 aromatic carbocycles. The van der Waals surface area contributed by atoms with E-state index in [4.69, 9.17) is 0 Å². The van der Waals surface area contributed by atoms with Crippen LogP contribution in [0, 0.1) is 5.92 Å². The molecule has 1 N–H and O–H groups in total. The molecule has 0 aromatic heterocycles. The van der Waals surface area contributed by atoms with Gasteiger partial charge in [-0.25, -0.2) is 0 Å². The van der Waals surface area contributed by atoms with Gasteiger partial charge in [-0.2, -0.15) is 13.2 Å². The standard InChI is InChI=1S/C15H27F3N2/c1-14(2)11-20(9-8-15(16,17)18)13(10-19-14)12-6-4-3-5-7-12/h12-13,19H,3-11H2,1-2H3. The first-order valence-corrected chi connectivity index (χ1v) is 7.83. The van der Waals surface area contributed by atoms with E-state index in [0.717, 1.165) is 6.54 Å². The molecule has 5 heteroatoms. The maximum absolute atomic E-state index is 12.5. The van der Waals surface area contributed by atoms with Gasteiger partial charge in [0.2, 0.25) is 0 Å². The van der Waals surface area contributed by atoms with Crippen LogP contribution in [-0.2, 0) is 0 Å². The third kappa shape index (κ3) is 4.62. The molecule has 0 radical (unpaired) electrons. The molecule has 1 atom stereocenters. The summed E-state index contributed by atoms with van der Waals surface area (Å²) in [5, 5.41) is 3.51. The molecule has 1 saturated heterocycles. The Labute approximate surface area is 120 Å². The van der Waals surface area contributed by atoms with E-state index in [1.165, 1.54) is 32.1 Å². The van der Waals surface area contributed by atoms with Gasteiger partial charge >= 0.3 is 6.18 Å². The van der Waals surface area contributed by atoms with Crippen molar-refractivity contribution in [2.24, 2.45) is 5.92 Å². The summed E-state index contributed by atoms with van der Waals surface area (Å²) in [7, 11) is 0. The summed E-state index contributed by atoms with van der Waals surface area (Å²) in [6.07, 6.45) is 1.36. The SMILES string of the molecule is CC1(C)CN(CCC(F)(F)F)C(C2CCCCC2)CN1. The lowest BCUT2D eigenvalue weighted by Gasteiger charge is -2.48. The van der Waals surface area contributed by atoms with Gasteiger partial charge < -0.3 is 5.32 Å². The van der Waals surface area contributed by atoms with Crippen LogP contribution in [0.5, 0.6) is 0 Å². The Kier molecular flexibility index (Phi) is 5.00. The second kappa shape index (κ2) is 6.22. The molecule has 0 bridgehead atoms. The number of rotatable bonds is 3. The molecule has 0 amide bonds. The van der Waals surface area contributed by atoms with Crippen LogP contribution in [0.3, 0.4) is 0 Å². The van der Waals surface area contributed by atoms with E-state index >= 15 is 0 Å². The molecule has 20 heavy (non-hydrogen) atoms. The highest BCUT2D eigenvalue weighted by Crippen LogP contribution is 2.32. The lowest BCUT2D eigenvalue weighted by Crippen LogP contribution is -2.63. The molecule has 1 heterocycles. The lowest BCUT2D eigenvalue weighted by atomic mass is 9.81. The molecule has 1 aliphatic heterocycles. The van der Waals surface area contributed by atoms with E-state index in [-0.39, 0.29) is 18.1 Å². The third-order valence-electron chi connectivity index (χ3n) is 4.73. The summed E-state index contributed by atoms with van der Waals surface area (Å²) in [5.74, 6) is 0.570. The Bertz CT molecular complexity index is 309. The fourth-order valence-electron chi connectivity index (χ4n) is 3.69. The maximum Gasteiger partial charge on any atom is 0.390 e. The average molecular weight is 292 g/mol. The highest BCUT2D eigenvalue weighted by Gasteiger charge is 2.38. The molecule has 118 valence electrons. The first-order valence-electron chi connectivity index (χ1n) is 7.83. The Morgan fingerprint density at radius 1 is 1.15 bits per heavy atom. The molecule has 2 rings (SSSR count). The Morgan fingerprint density at radius 2 is 1.80 bits per heavy atom. The van der Waals surface area contributed by atoms with Gasteiger partial charge in [-0.3, -0.25) is 4.90 Å². The third-order valence-corrected chi connectivity index (χ3v) is 4.73. The van der Waals surface area contributed by atoms with Gasteiger partial charge in [0.25, 0.3) is 0 Å². The van der Waals surface area contributed by atoms with E-state index < -0.39 is 12.6 Å². The van der Waals surface area contributed by atoms with Crippen molar-refractivity contribution < 1.29 is 13.2 Å². The molecule has 1 aliphatic carbocycles. The highest BCUT2D eigenvalue weighted by atomic mass is 19.4. The number of piperazine rings is 1. The van der Waals surface area contributed by atoms with Crippen LogP contribution in [0.25, 0.3) is 0 Å². The van der Waals surface area contributed by atoms with Gasteiger partial charge in [-0.1, -0.05) is 19.3 Å². The number of nitrogens with one attached hydrogen (secondary N) is 1. The van der Waals surface area contributed by atoms with E-state index in [1.807, 2.05) is 0 Å². The van der Waals surface area contributed by atoms with Crippen molar-refractivity contribution in [2.75, 3.05) is 19.6 Å². The summed E-state index contributed by atoms with van der Waals surface area (Å²) in [6.45, 7) is 5.84. The van der Waals surface area contributed by atoms with Gasteiger partial charge in [0.1, 0.15) is 0 Å². The fraction of sp³-hybridized carbons (Fsp3) is 1.00. The van der Waals surface area contributed by atoms with Crippen molar-refractivity contribution in [2.45, 2.75) is 70.1 Å². The van der Waals surface area contributed by atoms with Crippen molar-refractivity contribution >= 4 is 0 Å². The number of halogens is 3. The summed E-state index contributed by atoms with van der Waals surface area (Å²) in [4.78, 5) is 2.10. The number of alkyl halides is 3. The Hall–Kier alpha value is -0.290. The molecular formula is C15H27F3N2. The van der Waals surface area contributed by atoms with Crippen molar-refractivity contribution in [3.05, 3.63) is 0 Å². The summed E-state index contributed by atoms with van der Waals surface area (Å²) in [5.41, 5.74) is -0.0865. The van der Waals surface area contributed by atoms with Crippen molar-refractivity contribution in [3.8, 4) is 0 Å². The number of hydrogen-bond acceptors (Lipinski definition) is 2. The van der Waals surface area contributed by atoms with Gasteiger partial charge in [0.15, 0.2) is 0 Å². The minimum atomic E-state index is -4.05. The van der Waals surface area contributed by atoms with Crippen LogP contribution < -0.4 is 5.32 Å². The smallest absolute Gasteiger partial charge is 0.309 e. The van der Waals surface area contributed by atoms with E-state index in [9.17, 15) is 13.2 Å². The van der Waals surface area contributed by atoms with Crippen LogP contribution in [0.15, 0.2) is 0 Å².